The van der Waals surface area contributed by atoms with Crippen molar-refractivity contribution in [3.8, 4) is 0 Å². The van der Waals surface area contributed by atoms with E-state index in [1.165, 1.54) is 0 Å². The van der Waals surface area contributed by atoms with Crippen LogP contribution in [0.1, 0.15) is 32.6 Å². The van der Waals surface area contributed by atoms with Gasteiger partial charge in [-0.2, -0.15) is 0 Å². The van der Waals surface area contributed by atoms with Crippen molar-refractivity contribution in [1.29, 1.82) is 0 Å². The third-order valence-corrected chi connectivity index (χ3v) is 3.12. The van der Waals surface area contributed by atoms with Crippen molar-refractivity contribution < 1.29 is 9.84 Å². The summed E-state index contributed by atoms with van der Waals surface area (Å²) in [5.41, 5.74) is 0. The van der Waals surface area contributed by atoms with Crippen LogP contribution in [-0.2, 0) is 4.74 Å². The molecule has 1 rings (SSSR count). The molecule has 1 aliphatic carbocycles. The number of hydrogen-bond donors (Lipinski definition) is 1. The van der Waals surface area contributed by atoms with Crippen molar-refractivity contribution in [2.45, 2.75) is 44.1 Å². The van der Waals surface area contributed by atoms with E-state index in [0.29, 0.717) is 6.61 Å². The van der Waals surface area contributed by atoms with Gasteiger partial charge in [-0.15, -0.1) is 11.6 Å². The van der Waals surface area contributed by atoms with E-state index >= 15 is 0 Å². The Morgan fingerprint density at radius 2 is 2.23 bits per heavy atom. The lowest BCUT2D eigenvalue weighted by Crippen LogP contribution is -2.24. The molecule has 78 valence electrons. The van der Waals surface area contributed by atoms with Gasteiger partial charge in [0.1, 0.15) is 0 Å². The molecule has 0 radical (unpaired) electrons. The van der Waals surface area contributed by atoms with Gasteiger partial charge in [0.25, 0.3) is 0 Å². The minimum atomic E-state index is -0.358. The molecular formula is C10H19ClO2. The Morgan fingerprint density at radius 1 is 1.46 bits per heavy atom. The van der Waals surface area contributed by atoms with Crippen LogP contribution in [0.25, 0.3) is 0 Å². The van der Waals surface area contributed by atoms with Crippen LogP contribution in [-0.4, -0.2) is 29.8 Å². The van der Waals surface area contributed by atoms with Crippen molar-refractivity contribution in [2.24, 2.45) is 5.92 Å². The molecular weight excluding hydrogens is 188 g/mol. The zero-order chi connectivity index (χ0) is 9.68. The standard InChI is InChI=1S/C10H19ClO2/c1-2-3-6-13-7-8-4-5-9(11)10(8)12/h8-10,12H,2-7H2,1H3/t8-,9+,10+/m0/s1. The summed E-state index contributed by atoms with van der Waals surface area (Å²) in [7, 11) is 0. The Bertz CT molecular complexity index is 141. The normalized spacial score (nSPS) is 33.9. The molecule has 0 bridgehead atoms. The first kappa shape index (κ1) is 11.3. The third kappa shape index (κ3) is 3.45. The highest BCUT2D eigenvalue weighted by Crippen LogP contribution is 2.30. The molecule has 0 spiro atoms. The highest BCUT2D eigenvalue weighted by atomic mass is 35.5. The van der Waals surface area contributed by atoms with E-state index in [0.717, 1.165) is 32.3 Å². The van der Waals surface area contributed by atoms with Gasteiger partial charge in [-0.05, 0) is 19.3 Å². The van der Waals surface area contributed by atoms with Crippen LogP contribution in [0, 0.1) is 5.92 Å². The van der Waals surface area contributed by atoms with Crippen molar-refractivity contribution >= 4 is 11.6 Å². The van der Waals surface area contributed by atoms with Crippen LogP contribution in [0.3, 0.4) is 0 Å². The van der Waals surface area contributed by atoms with Gasteiger partial charge in [0, 0.05) is 12.5 Å². The smallest absolute Gasteiger partial charge is 0.0753 e. The molecule has 1 saturated carbocycles. The number of rotatable bonds is 5. The SMILES string of the molecule is CCCCOC[C@@H]1CC[C@@H](Cl)[C@@H]1O. The monoisotopic (exact) mass is 206 g/mol. The second kappa shape index (κ2) is 5.84. The van der Waals surface area contributed by atoms with Gasteiger partial charge in [-0.3, -0.25) is 0 Å². The predicted octanol–water partition coefficient (Wildman–Crippen LogP) is 2.18. The summed E-state index contributed by atoms with van der Waals surface area (Å²) < 4.78 is 5.46. The fraction of sp³-hybridized carbons (Fsp3) is 1.00. The van der Waals surface area contributed by atoms with Crippen molar-refractivity contribution in [3.05, 3.63) is 0 Å². The van der Waals surface area contributed by atoms with Gasteiger partial charge in [0.05, 0.1) is 18.1 Å². The molecule has 2 nitrogen and oxygen atoms in total. The zero-order valence-electron chi connectivity index (χ0n) is 8.21. The number of halogens is 1. The molecule has 3 heteroatoms. The van der Waals surface area contributed by atoms with E-state index in [1.807, 2.05) is 0 Å². The van der Waals surface area contributed by atoms with Crippen LogP contribution in [0.4, 0.5) is 0 Å². The van der Waals surface area contributed by atoms with Crippen molar-refractivity contribution in [3.63, 3.8) is 0 Å². The first-order valence-electron chi connectivity index (χ1n) is 5.15. The molecule has 1 fully saturated rings. The second-order valence-corrected chi connectivity index (χ2v) is 4.33. The van der Waals surface area contributed by atoms with Gasteiger partial charge in [-0.1, -0.05) is 13.3 Å². The van der Waals surface area contributed by atoms with E-state index in [2.05, 4.69) is 6.92 Å². The van der Waals surface area contributed by atoms with E-state index < -0.39 is 0 Å². The molecule has 13 heavy (non-hydrogen) atoms. The minimum absolute atomic E-state index is 0.0558. The molecule has 0 aromatic rings. The maximum Gasteiger partial charge on any atom is 0.0753 e. The summed E-state index contributed by atoms with van der Waals surface area (Å²) >= 11 is 5.89. The summed E-state index contributed by atoms with van der Waals surface area (Å²) in [6, 6.07) is 0. The molecule has 0 aliphatic heterocycles. The highest BCUT2D eigenvalue weighted by molar-refractivity contribution is 6.21. The Labute approximate surface area is 85.2 Å². The van der Waals surface area contributed by atoms with Gasteiger partial charge < -0.3 is 9.84 Å². The van der Waals surface area contributed by atoms with Crippen LogP contribution < -0.4 is 0 Å². The molecule has 0 aromatic heterocycles. The average Bonchev–Trinajstić information content (AvgIpc) is 2.43. The van der Waals surface area contributed by atoms with Crippen LogP contribution in [0.15, 0.2) is 0 Å². The number of aliphatic hydroxyl groups is 1. The Balaban J connectivity index is 2.08. The molecule has 0 aromatic carbocycles. The first-order chi connectivity index (χ1) is 6.25. The number of ether oxygens (including phenoxy) is 1. The Kier molecular flexibility index (Phi) is 5.07. The van der Waals surface area contributed by atoms with Crippen molar-refractivity contribution in [2.75, 3.05) is 13.2 Å². The lowest BCUT2D eigenvalue weighted by molar-refractivity contribution is 0.0443. The maximum atomic E-state index is 9.60. The molecule has 0 unspecified atom stereocenters. The fourth-order valence-electron chi connectivity index (χ4n) is 1.67. The highest BCUT2D eigenvalue weighted by Gasteiger charge is 2.33. The van der Waals surface area contributed by atoms with Crippen LogP contribution in [0.5, 0.6) is 0 Å². The van der Waals surface area contributed by atoms with E-state index in [4.69, 9.17) is 16.3 Å². The van der Waals surface area contributed by atoms with Crippen molar-refractivity contribution in [1.82, 2.24) is 0 Å². The molecule has 0 saturated heterocycles. The lowest BCUT2D eigenvalue weighted by atomic mass is 10.1. The number of unbranched alkanes of at least 4 members (excludes halogenated alkanes) is 1. The van der Waals surface area contributed by atoms with Crippen LogP contribution >= 0.6 is 11.6 Å². The molecule has 0 heterocycles. The number of hydrogen-bond acceptors (Lipinski definition) is 2. The zero-order valence-corrected chi connectivity index (χ0v) is 8.96. The lowest BCUT2D eigenvalue weighted by Gasteiger charge is -2.15. The summed E-state index contributed by atoms with van der Waals surface area (Å²) in [6.07, 6.45) is 3.83. The topological polar surface area (TPSA) is 29.5 Å². The molecule has 1 aliphatic rings. The van der Waals surface area contributed by atoms with Gasteiger partial charge in [0.2, 0.25) is 0 Å². The molecule has 3 atom stereocenters. The minimum Gasteiger partial charge on any atom is -0.391 e. The van der Waals surface area contributed by atoms with E-state index in [1.54, 1.807) is 0 Å². The maximum absolute atomic E-state index is 9.60. The number of alkyl halides is 1. The summed E-state index contributed by atoms with van der Waals surface area (Å²) in [5.74, 6) is 0.263. The predicted molar refractivity (Wildman–Crippen MR) is 54.1 cm³/mol. The molecule has 1 N–H and O–H groups in total. The van der Waals surface area contributed by atoms with Gasteiger partial charge >= 0.3 is 0 Å². The largest absolute Gasteiger partial charge is 0.391 e. The molecule has 0 amide bonds. The summed E-state index contributed by atoms with van der Waals surface area (Å²) in [5, 5.41) is 9.55. The van der Waals surface area contributed by atoms with Gasteiger partial charge in [-0.25, -0.2) is 0 Å². The average molecular weight is 207 g/mol. The van der Waals surface area contributed by atoms with Gasteiger partial charge in [0.15, 0.2) is 0 Å². The Hall–Kier alpha value is 0.210. The summed E-state index contributed by atoms with van der Waals surface area (Å²) in [4.78, 5) is 0. The van der Waals surface area contributed by atoms with E-state index in [-0.39, 0.29) is 17.4 Å². The Morgan fingerprint density at radius 3 is 2.77 bits per heavy atom. The van der Waals surface area contributed by atoms with Crippen LogP contribution in [0.2, 0.25) is 0 Å². The summed E-state index contributed by atoms with van der Waals surface area (Å²) in [6.45, 7) is 3.62. The number of aliphatic hydroxyl groups excluding tert-OH is 1. The first-order valence-corrected chi connectivity index (χ1v) is 5.59. The quantitative estimate of drug-likeness (QED) is 0.552. The third-order valence-electron chi connectivity index (χ3n) is 2.64. The second-order valence-electron chi connectivity index (χ2n) is 3.77. The fourth-order valence-corrected chi connectivity index (χ4v) is 2.00. The van der Waals surface area contributed by atoms with E-state index in [9.17, 15) is 5.11 Å².